The molecule has 0 radical (unpaired) electrons. The highest BCUT2D eigenvalue weighted by Gasteiger charge is 2.48. The Morgan fingerprint density at radius 1 is 1.09 bits per heavy atom. The fraction of sp³-hybridized carbons (Fsp3) is 1.00. The van der Waals surface area contributed by atoms with Gasteiger partial charge in [-0.2, -0.15) is 0 Å². The Morgan fingerprint density at radius 3 is 2.00 bits per heavy atom. The van der Waals surface area contributed by atoms with Gasteiger partial charge in [0.05, 0.1) is 11.2 Å². The third-order valence-electron chi connectivity index (χ3n) is 3.24. The molecule has 2 atom stereocenters. The summed E-state index contributed by atoms with van der Waals surface area (Å²) in [4.78, 5) is 0. The average Bonchev–Trinajstić information content (AvgIpc) is 2.01. The lowest BCUT2D eigenvalue weighted by Crippen LogP contribution is -2.39. The van der Waals surface area contributed by atoms with E-state index in [1.807, 2.05) is 0 Å². The van der Waals surface area contributed by atoms with Crippen LogP contribution in [0.3, 0.4) is 0 Å². The van der Waals surface area contributed by atoms with Crippen LogP contribution < -0.4 is 0 Å². The highest BCUT2D eigenvalue weighted by atomic mass is 16.5. The Bertz CT molecular complexity index is 160. The second-order valence-corrected chi connectivity index (χ2v) is 5.02. The summed E-state index contributed by atoms with van der Waals surface area (Å²) in [6, 6.07) is 0. The first kappa shape index (κ1) is 7.60. The van der Waals surface area contributed by atoms with Crippen LogP contribution in [0.5, 0.6) is 0 Å². The van der Waals surface area contributed by atoms with Crippen LogP contribution in [-0.4, -0.2) is 11.2 Å². The molecule has 2 bridgehead atoms. The quantitative estimate of drug-likeness (QED) is 0.521. The Morgan fingerprint density at radius 2 is 1.55 bits per heavy atom. The van der Waals surface area contributed by atoms with Gasteiger partial charge in [0.25, 0.3) is 0 Å². The van der Waals surface area contributed by atoms with E-state index >= 15 is 0 Å². The van der Waals surface area contributed by atoms with Crippen LogP contribution in [0.1, 0.15) is 46.5 Å². The molecular weight excluding hydrogens is 136 g/mol. The van der Waals surface area contributed by atoms with Gasteiger partial charge in [0.1, 0.15) is 0 Å². The van der Waals surface area contributed by atoms with Crippen molar-refractivity contribution >= 4 is 0 Å². The summed E-state index contributed by atoms with van der Waals surface area (Å²) in [5, 5.41) is 0. The Balaban J connectivity index is 2.21. The van der Waals surface area contributed by atoms with Crippen molar-refractivity contribution in [2.45, 2.75) is 57.7 Å². The standard InChI is InChI=1S/C10H18O/c1-8-6-9(2)4-5-10(3,7-8)11-9/h8H,4-7H2,1-3H3. The zero-order valence-electron chi connectivity index (χ0n) is 7.81. The summed E-state index contributed by atoms with van der Waals surface area (Å²) in [6.07, 6.45) is 5.08. The number of fused-ring (bicyclic) bond motifs is 2. The summed E-state index contributed by atoms with van der Waals surface area (Å²) in [5.41, 5.74) is 0.457. The maximum atomic E-state index is 6.04. The summed E-state index contributed by atoms with van der Waals surface area (Å²) in [5.74, 6) is 0.862. The van der Waals surface area contributed by atoms with Crippen molar-refractivity contribution in [2.24, 2.45) is 5.92 Å². The van der Waals surface area contributed by atoms with Crippen molar-refractivity contribution < 1.29 is 4.74 Å². The van der Waals surface area contributed by atoms with E-state index in [0.717, 1.165) is 5.92 Å². The van der Waals surface area contributed by atoms with Crippen molar-refractivity contribution in [2.75, 3.05) is 0 Å². The van der Waals surface area contributed by atoms with Crippen LogP contribution in [0.4, 0.5) is 0 Å². The van der Waals surface area contributed by atoms with Crippen molar-refractivity contribution in [1.29, 1.82) is 0 Å². The minimum atomic E-state index is 0.229. The van der Waals surface area contributed by atoms with E-state index in [4.69, 9.17) is 4.74 Å². The molecule has 11 heavy (non-hydrogen) atoms. The minimum absolute atomic E-state index is 0.229. The maximum Gasteiger partial charge on any atom is 0.0665 e. The fourth-order valence-corrected chi connectivity index (χ4v) is 3.06. The maximum absolute atomic E-state index is 6.04. The molecule has 0 aliphatic carbocycles. The third kappa shape index (κ3) is 1.20. The predicted octanol–water partition coefficient (Wildman–Crippen LogP) is 2.74. The first-order chi connectivity index (χ1) is 5.02. The van der Waals surface area contributed by atoms with Crippen molar-refractivity contribution in [3.63, 3.8) is 0 Å². The van der Waals surface area contributed by atoms with Gasteiger partial charge in [-0.05, 0) is 45.4 Å². The second kappa shape index (κ2) is 2.01. The molecule has 1 heteroatoms. The molecule has 0 spiro atoms. The van der Waals surface area contributed by atoms with Crippen LogP contribution in [0.25, 0.3) is 0 Å². The van der Waals surface area contributed by atoms with Crippen LogP contribution in [0.2, 0.25) is 0 Å². The number of ether oxygens (including phenoxy) is 1. The molecule has 2 heterocycles. The molecule has 2 aliphatic heterocycles. The average molecular weight is 154 g/mol. The van der Waals surface area contributed by atoms with Crippen LogP contribution in [0, 0.1) is 5.92 Å². The molecule has 2 saturated heterocycles. The SMILES string of the molecule is CC1CC2(C)CCC(C)(C1)O2. The van der Waals surface area contributed by atoms with Crippen LogP contribution in [-0.2, 0) is 4.74 Å². The first-order valence-corrected chi connectivity index (χ1v) is 4.72. The highest BCUT2D eigenvalue weighted by Crippen LogP contribution is 2.49. The summed E-state index contributed by atoms with van der Waals surface area (Å²) in [6.45, 7) is 6.90. The van der Waals surface area contributed by atoms with Gasteiger partial charge in [0.15, 0.2) is 0 Å². The molecule has 2 aliphatic rings. The Hall–Kier alpha value is -0.0400. The molecule has 1 nitrogen and oxygen atoms in total. The number of rotatable bonds is 0. The van der Waals surface area contributed by atoms with E-state index < -0.39 is 0 Å². The van der Waals surface area contributed by atoms with E-state index in [1.54, 1.807) is 0 Å². The molecule has 0 aromatic carbocycles. The van der Waals surface area contributed by atoms with E-state index in [2.05, 4.69) is 20.8 Å². The van der Waals surface area contributed by atoms with Crippen LogP contribution >= 0.6 is 0 Å². The molecule has 0 aromatic rings. The third-order valence-corrected chi connectivity index (χ3v) is 3.24. The number of hydrogen-bond acceptors (Lipinski definition) is 1. The van der Waals surface area contributed by atoms with Gasteiger partial charge >= 0.3 is 0 Å². The zero-order valence-corrected chi connectivity index (χ0v) is 7.81. The summed E-state index contributed by atoms with van der Waals surface area (Å²) < 4.78 is 6.04. The predicted molar refractivity (Wildman–Crippen MR) is 45.5 cm³/mol. The molecule has 2 fully saturated rings. The van der Waals surface area contributed by atoms with Gasteiger partial charge < -0.3 is 4.74 Å². The summed E-state index contributed by atoms with van der Waals surface area (Å²) >= 11 is 0. The minimum Gasteiger partial charge on any atom is -0.369 e. The molecule has 0 N–H and O–H groups in total. The van der Waals surface area contributed by atoms with Crippen molar-refractivity contribution in [3.05, 3.63) is 0 Å². The first-order valence-electron chi connectivity index (χ1n) is 4.72. The Labute approximate surface area is 69.1 Å². The largest absolute Gasteiger partial charge is 0.369 e. The molecule has 0 aromatic heterocycles. The Kier molecular flexibility index (Phi) is 1.39. The van der Waals surface area contributed by atoms with E-state index in [-0.39, 0.29) is 11.2 Å². The van der Waals surface area contributed by atoms with Gasteiger partial charge in [-0.25, -0.2) is 0 Å². The molecule has 0 amide bonds. The molecule has 2 rings (SSSR count). The van der Waals surface area contributed by atoms with E-state index in [9.17, 15) is 0 Å². The van der Waals surface area contributed by atoms with Gasteiger partial charge in [-0.15, -0.1) is 0 Å². The summed E-state index contributed by atoms with van der Waals surface area (Å²) in [7, 11) is 0. The van der Waals surface area contributed by atoms with Gasteiger partial charge in [-0.3, -0.25) is 0 Å². The number of hydrogen-bond donors (Lipinski definition) is 0. The van der Waals surface area contributed by atoms with E-state index in [1.165, 1.54) is 25.7 Å². The lowest BCUT2D eigenvalue weighted by molar-refractivity contribution is -0.136. The van der Waals surface area contributed by atoms with Crippen molar-refractivity contribution in [1.82, 2.24) is 0 Å². The molecular formula is C10H18O. The van der Waals surface area contributed by atoms with Gasteiger partial charge in [0.2, 0.25) is 0 Å². The second-order valence-electron chi connectivity index (χ2n) is 5.02. The van der Waals surface area contributed by atoms with Crippen LogP contribution in [0.15, 0.2) is 0 Å². The molecule has 0 saturated carbocycles. The monoisotopic (exact) mass is 154 g/mol. The highest BCUT2D eigenvalue weighted by molar-refractivity contribution is 4.98. The van der Waals surface area contributed by atoms with E-state index in [0.29, 0.717) is 0 Å². The van der Waals surface area contributed by atoms with Crippen molar-refractivity contribution in [3.8, 4) is 0 Å². The lowest BCUT2D eigenvalue weighted by atomic mass is 9.86. The molecule has 64 valence electrons. The lowest BCUT2D eigenvalue weighted by Gasteiger charge is -2.39. The normalized spacial score (nSPS) is 56.5. The fourth-order valence-electron chi connectivity index (χ4n) is 3.06. The topological polar surface area (TPSA) is 9.23 Å². The van der Waals surface area contributed by atoms with Gasteiger partial charge in [-0.1, -0.05) is 6.92 Å². The zero-order chi connectivity index (χ0) is 8.11. The smallest absolute Gasteiger partial charge is 0.0665 e. The molecule has 2 unspecified atom stereocenters. The van der Waals surface area contributed by atoms with Gasteiger partial charge in [0, 0.05) is 0 Å².